The van der Waals surface area contributed by atoms with Crippen LogP contribution in [0.2, 0.25) is 5.15 Å². The van der Waals surface area contributed by atoms with E-state index in [2.05, 4.69) is 10.3 Å². The van der Waals surface area contributed by atoms with E-state index >= 15 is 0 Å². The maximum Gasteiger partial charge on any atom is 0.306 e. The van der Waals surface area contributed by atoms with Gasteiger partial charge in [0.2, 0.25) is 0 Å². The van der Waals surface area contributed by atoms with Gasteiger partial charge in [-0.25, -0.2) is 4.98 Å². The molecule has 2 N–H and O–H groups in total. The van der Waals surface area contributed by atoms with Crippen molar-refractivity contribution >= 4 is 23.5 Å². The van der Waals surface area contributed by atoms with Crippen LogP contribution in [-0.2, 0) is 4.79 Å². The highest BCUT2D eigenvalue weighted by Crippen LogP contribution is 2.25. The van der Waals surface area contributed by atoms with E-state index in [0.29, 0.717) is 30.0 Å². The van der Waals surface area contributed by atoms with Crippen molar-refractivity contribution in [3.63, 3.8) is 0 Å². The smallest absolute Gasteiger partial charge is 0.306 e. The number of nitrogens with zero attached hydrogens (tertiary/aromatic N) is 1. The van der Waals surface area contributed by atoms with Crippen LogP contribution < -0.4 is 5.32 Å². The van der Waals surface area contributed by atoms with Gasteiger partial charge in [0.25, 0.3) is 5.91 Å². The van der Waals surface area contributed by atoms with Gasteiger partial charge in [0.15, 0.2) is 0 Å². The third-order valence-electron chi connectivity index (χ3n) is 3.11. The van der Waals surface area contributed by atoms with Crippen molar-refractivity contribution in [2.75, 3.05) is 0 Å². The van der Waals surface area contributed by atoms with Crippen LogP contribution in [0.25, 0.3) is 0 Å². The van der Waals surface area contributed by atoms with Crippen molar-refractivity contribution in [2.24, 2.45) is 5.92 Å². The molecule has 18 heavy (non-hydrogen) atoms. The Balaban J connectivity index is 1.92. The lowest BCUT2D eigenvalue weighted by molar-refractivity contribution is -0.141. The lowest BCUT2D eigenvalue weighted by Crippen LogP contribution is -2.33. The molecule has 1 aromatic rings. The van der Waals surface area contributed by atoms with E-state index in [0.717, 1.165) is 0 Å². The van der Waals surface area contributed by atoms with Crippen molar-refractivity contribution < 1.29 is 14.7 Å². The normalized spacial score (nSPS) is 22.7. The van der Waals surface area contributed by atoms with Crippen LogP contribution in [0.4, 0.5) is 0 Å². The van der Waals surface area contributed by atoms with E-state index in [1.807, 2.05) is 0 Å². The Morgan fingerprint density at radius 1 is 1.39 bits per heavy atom. The lowest BCUT2D eigenvalue weighted by Gasteiger charge is -2.12. The molecule has 1 saturated carbocycles. The fraction of sp³-hybridized carbons (Fsp3) is 0.417. The number of aliphatic carboxylic acids is 1. The maximum atomic E-state index is 11.8. The lowest BCUT2D eigenvalue weighted by atomic mass is 10.1. The van der Waals surface area contributed by atoms with Crippen LogP contribution in [0.3, 0.4) is 0 Å². The summed E-state index contributed by atoms with van der Waals surface area (Å²) in [5, 5.41) is 12.0. The summed E-state index contributed by atoms with van der Waals surface area (Å²) >= 11 is 5.63. The van der Waals surface area contributed by atoms with Gasteiger partial charge in [-0.05, 0) is 31.4 Å². The monoisotopic (exact) mass is 268 g/mol. The van der Waals surface area contributed by atoms with E-state index in [-0.39, 0.29) is 17.9 Å². The summed E-state index contributed by atoms with van der Waals surface area (Å²) in [7, 11) is 0. The van der Waals surface area contributed by atoms with Crippen molar-refractivity contribution in [1.29, 1.82) is 0 Å². The average molecular weight is 269 g/mol. The zero-order valence-electron chi connectivity index (χ0n) is 9.60. The quantitative estimate of drug-likeness (QED) is 0.818. The molecule has 0 aliphatic heterocycles. The number of nitrogens with one attached hydrogen (secondary N) is 1. The summed E-state index contributed by atoms with van der Waals surface area (Å²) in [4.78, 5) is 26.5. The first kappa shape index (κ1) is 12.8. The first-order valence-electron chi connectivity index (χ1n) is 5.71. The van der Waals surface area contributed by atoms with Crippen LogP contribution in [0.5, 0.6) is 0 Å². The highest BCUT2D eigenvalue weighted by molar-refractivity contribution is 6.29. The Labute approximate surface area is 109 Å². The molecular weight excluding hydrogens is 256 g/mol. The van der Waals surface area contributed by atoms with E-state index in [1.54, 1.807) is 12.1 Å². The van der Waals surface area contributed by atoms with Crippen LogP contribution in [0, 0.1) is 5.92 Å². The number of carboxylic acid groups (broad SMARTS) is 1. The minimum absolute atomic E-state index is 0.0747. The molecule has 2 atom stereocenters. The molecule has 6 heteroatoms. The van der Waals surface area contributed by atoms with Gasteiger partial charge in [-0.2, -0.15) is 0 Å². The van der Waals surface area contributed by atoms with E-state index in [4.69, 9.17) is 16.7 Å². The number of rotatable bonds is 3. The molecule has 1 aliphatic carbocycles. The van der Waals surface area contributed by atoms with Gasteiger partial charge in [0.05, 0.1) is 11.5 Å². The fourth-order valence-electron chi connectivity index (χ4n) is 2.12. The highest BCUT2D eigenvalue weighted by atomic mass is 35.5. The number of carbonyl (C=O) groups excluding carboxylic acids is 1. The predicted octanol–water partition coefficient (Wildman–Crippen LogP) is 1.72. The Morgan fingerprint density at radius 3 is 2.72 bits per heavy atom. The average Bonchev–Trinajstić information content (AvgIpc) is 2.78. The second kappa shape index (κ2) is 5.35. The number of hydrogen-bond acceptors (Lipinski definition) is 3. The minimum Gasteiger partial charge on any atom is -0.481 e. The molecule has 0 spiro atoms. The Morgan fingerprint density at radius 2 is 2.17 bits per heavy atom. The number of carbonyl (C=O) groups is 2. The number of carboxylic acids is 1. The molecule has 1 heterocycles. The second-order valence-corrected chi connectivity index (χ2v) is 4.78. The first-order valence-corrected chi connectivity index (χ1v) is 6.09. The molecule has 1 aromatic heterocycles. The molecule has 1 fully saturated rings. The van der Waals surface area contributed by atoms with Gasteiger partial charge in [-0.15, -0.1) is 0 Å². The molecule has 0 saturated heterocycles. The molecule has 5 nitrogen and oxygen atoms in total. The Hall–Kier alpha value is -1.62. The number of aromatic nitrogens is 1. The van der Waals surface area contributed by atoms with E-state index in [1.165, 1.54) is 6.20 Å². The fourth-order valence-corrected chi connectivity index (χ4v) is 2.23. The van der Waals surface area contributed by atoms with Crippen LogP contribution in [0.15, 0.2) is 18.3 Å². The molecule has 0 radical (unpaired) electrons. The predicted molar refractivity (Wildman–Crippen MR) is 65.5 cm³/mol. The zero-order valence-corrected chi connectivity index (χ0v) is 10.4. The molecule has 0 aromatic carbocycles. The van der Waals surface area contributed by atoms with E-state index < -0.39 is 5.97 Å². The number of hydrogen-bond donors (Lipinski definition) is 2. The second-order valence-electron chi connectivity index (χ2n) is 4.39. The molecule has 1 aliphatic rings. The van der Waals surface area contributed by atoms with Crippen molar-refractivity contribution in [3.8, 4) is 0 Å². The standard InChI is InChI=1S/C12H13ClN2O3/c13-10-4-2-8(6-14-10)11(16)15-9-3-1-7(5-9)12(17)18/h2,4,6-7,9H,1,3,5H2,(H,15,16)(H,17,18). The topological polar surface area (TPSA) is 79.3 Å². The van der Waals surface area contributed by atoms with Gasteiger partial charge in [0.1, 0.15) is 5.15 Å². The molecule has 0 bridgehead atoms. The van der Waals surface area contributed by atoms with Gasteiger partial charge in [-0.3, -0.25) is 9.59 Å². The summed E-state index contributed by atoms with van der Waals surface area (Å²) in [5.41, 5.74) is 0.429. The van der Waals surface area contributed by atoms with Gasteiger partial charge < -0.3 is 10.4 Å². The van der Waals surface area contributed by atoms with Crippen molar-refractivity contribution in [2.45, 2.75) is 25.3 Å². The molecule has 96 valence electrons. The van der Waals surface area contributed by atoms with Gasteiger partial charge in [-0.1, -0.05) is 11.6 Å². The minimum atomic E-state index is -0.792. The van der Waals surface area contributed by atoms with Crippen LogP contribution in [-0.4, -0.2) is 28.0 Å². The van der Waals surface area contributed by atoms with Gasteiger partial charge >= 0.3 is 5.97 Å². The molecule has 1 amide bonds. The van der Waals surface area contributed by atoms with Crippen molar-refractivity contribution in [1.82, 2.24) is 10.3 Å². The number of amides is 1. The SMILES string of the molecule is O=C(NC1CCC(C(=O)O)C1)c1ccc(Cl)nc1. The van der Waals surface area contributed by atoms with E-state index in [9.17, 15) is 9.59 Å². The Bertz CT molecular complexity index is 461. The van der Waals surface area contributed by atoms with Crippen molar-refractivity contribution in [3.05, 3.63) is 29.0 Å². The summed E-state index contributed by atoms with van der Waals surface area (Å²) in [6.07, 6.45) is 3.20. The molecular formula is C12H13ClN2O3. The third kappa shape index (κ3) is 2.98. The summed E-state index contributed by atoms with van der Waals surface area (Å²) in [5.74, 6) is -1.38. The largest absolute Gasteiger partial charge is 0.481 e. The summed E-state index contributed by atoms with van der Waals surface area (Å²) in [6.45, 7) is 0. The maximum absolute atomic E-state index is 11.8. The van der Waals surface area contributed by atoms with Gasteiger partial charge in [0, 0.05) is 12.2 Å². The summed E-state index contributed by atoms with van der Waals surface area (Å²) in [6, 6.07) is 3.06. The van der Waals surface area contributed by atoms with Crippen LogP contribution >= 0.6 is 11.6 Å². The Kier molecular flexibility index (Phi) is 3.81. The number of halogens is 1. The first-order chi connectivity index (χ1) is 8.56. The number of pyridine rings is 1. The summed E-state index contributed by atoms with van der Waals surface area (Å²) < 4.78 is 0. The third-order valence-corrected chi connectivity index (χ3v) is 3.33. The molecule has 2 unspecified atom stereocenters. The zero-order chi connectivity index (χ0) is 13.1. The highest BCUT2D eigenvalue weighted by Gasteiger charge is 2.30. The van der Waals surface area contributed by atoms with Crippen LogP contribution in [0.1, 0.15) is 29.6 Å². The molecule has 2 rings (SSSR count).